The Bertz CT molecular complexity index is 644. The molecule has 1 fully saturated rings. The molecule has 0 radical (unpaired) electrons. The highest BCUT2D eigenvalue weighted by molar-refractivity contribution is 8.05. The van der Waals surface area contributed by atoms with Gasteiger partial charge in [-0.25, -0.2) is 16.8 Å². The smallest absolute Gasteiger partial charge is 0.298 e. The number of sulfonamides is 2. The van der Waals surface area contributed by atoms with Crippen LogP contribution in [0.2, 0.25) is 0 Å². The first-order chi connectivity index (χ1) is 12.4. The van der Waals surface area contributed by atoms with Crippen LogP contribution in [0.15, 0.2) is 0 Å². The lowest BCUT2D eigenvalue weighted by Gasteiger charge is -2.38. The van der Waals surface area contributed by atoms with Gasteiger partial charge in [0.05, 0.1) is 0 Å². The van der Waals surface area contributed by atoms with E-state index >= 15 is 0 Å². The number of likely N-dealkylation sites (tertiary alicyclic amines) is 1. The molecule has 1 rings (SSSR count). The number of hydrogen-bond donors (Lipinski definition) is 1. The maximum Gasteiger partial charge on any atom is 0.512 e. The Labute approximate surface area is 161 Å². The molecule has 1 heterocycles. The van der Waals surface area contributed by atoms with Gasteiger partial charge in [0.1, 0.15) is 0 Å². The van der Waals surface area contributed by atoms with Gasteiger partial charge in [0.25, 0.3) is 0 Å². The van der Waals surface area contributed by atoms with E-state index in [0.29, 0.717) is 5.54 Å². The van der Waals surface area contributed by atoms with Crippen LogP contribution >= 0.6 is 0 Å². The number of hydrogen-bond acceptors (Lipinski definition) is 5. The summed E-state index contributed by atoms with van der Waals surface area (Å²) < 4.78 is 108. The van der Waals surface area contributed by atoms with Gasteiger partial charge in [-0.05, 0) is 45.7 Å². The molecule has 1 aliphatic heterocycles. The molecule has 0 aliphatic carbocycles. The topological polar surface area (TPSA) is 83.6 Å². The van der Waals surface area contributed by atoms with Crippen LogP contribution in [0.3, 0.4) is 0 Å². The monoisotopic (exact) mass is 464 g/mol. The largest absolute Gasteiger partial charge is 0.512 e. The van der Waals surface area contributed by atoms with Crippen LogP contribution < -0.4 is 4.13 Å². The predicted octanol–water partition coefficient (Wildman–Crippen LogP) is 3.72. The van der Waals surface area contributed by atoms with Crippen molar-refractivity contribution in [3.8, 4) is 0 Å². The third-order valence-corrected chi connectivity index (χ3v) is 7.50. The first kappa shape index (κ1) is 27.4. The van der Waals surface area contributed by atoms with Crippen molar-refractivity contribution in [2.24, 2.45) is 0 Å². The molecular formula is C14H26F6N2O4S2. The van der Waals surface area contributed by atoms with E-state index in [1.165, 1.54) is 51.6 Å². The molecule has 0 aromatic heterocycles. The molecule has 0 bridgehead atoms. The molecule has 1 saturated heterocycles. The minimum absolute atomic E-state index is 0.493. The fraction of sp³-hybridized carbons (Fsp3) is 1.00. The molecule has 1 atom stereocenters. The molecule has 28 heavy (non-hydrogen) atoms. The molecule has 6 nitrogen and oxygen atoms in total. The Morgan fingerprint density at radius 2 is 1.25 bits per heavy atom. The average Bonchev–Trinajstić information content (AvgIpc) is 3.05. The SMILES string of the molecule is CCCCC(C)(CC)N1CCCC1.O=S(=O)(NS(=O)(=O)C(F)(F)F)C(F)(F)F. The van der Waals surface area contributed by atoms with Gasteiger partial charge in [-0.3, -0.25) is 4.90 Å². The van der Waals surface area contributed by atoms with Crippen molar-refractivity contribution in [2.45, 2.75) is 75.9 Å². The van der Waals surface area contributed by atoms with E-state index in [-0.39, 0.29) is 0 Å². The average molecular weight is 464 g/mol. The van der Waals surface area contributed by atoms with Crippen LogP contribution in [0.5, 0.6) is 0 Å². The molecule has 14 heteroatoms. The lowest BCUT2D eigenvalue weighted by molar-refractivity contribution is -0.0476. The lowest BCUT2D eigenvalue weighted by atomic mass is 9.90. The van der Waals surface area contributed by atoms with Gasteiger partial charge in [0.15, 0.2) is 0 Å². The summed E-state index contributed by atoms with van der Waals surface area (Å²) in [6, 6.07) is 0. The van der Waals surface area contributed by atoms with Crippen LogP contribution in [0.1, 0.15) is 59.3 Å². The molecule has 0 saturated carbocycles. The number of rotatable bonds is 7. The quantitative estimate of drug-likeness (QED) is 0.581. The number of nitrogens with one attached hydrogen (secondary N) is 1. The zero-order chi connectivity index (χ0) is 22.4. The first-order valence-electron chi connectivity index (χ1n) is 8.59. The molecule has 1 N–H and O–H groups in total. The predicted molar refractivity (Wildman–Crippen MR) is 92.1 cm³/mol. The summed E-state index contributed by atoms with van der Waals surface area (Å²) >= 11 is 0. The lowest BCUT2D eigenvalue weighted by Crippen LogP contribution is -2.45. The summed E-state index contributed by atoms with van der Waals surface area (Å²) in [6.07, 6.45) is 8.26. The normalized spacial score (nSPS) is 19.0. The fourth-order valence-corrected chi connectivity index (χ4v) is 4.52. The highest BCUT2D eigenvalue weighted by Crippen LogP contribution is 2.29. The van der Waals surface area contributed by atoms with E-state index in [2.05, 4.69) is 25.7 Å². The van der Waals surface area contributed by atoms with Crippen LogP contribution in [0, 0.1) is 0 Å². The van der Waals surface area contributed by atoms with Gasteiger partial charge < -0.3 is 0 Å². The van der Waals surface area contributed by atoms with Crippen LogP contribution in [-0.4, -0.2) is 51.4 Å². The van der Waals surface area contributed by atoms with Crippen LogP contribution in [0.25, 0.3) is 0 Å². The number of halogens is 6. The van der Waals surface area contributed by atoms with Crippen molar-refractivity contribution in [2.75, 3.05) is 13.1 Å². The Morgan fingerprint density at radius 3 is 1.54 bits per heavy atom. The second-order valence-corrected chi connectivity index (χ2v) is 10.2. The van der Waals surface area contributed by atoms with Gasteiger partial charge in [0.2, 0.25) is 0 Å². The van der Waals surface area contributed by atoms with E-state index in [4.69, 9.17) is 0 Å². The standard InChI is InChI=1S/C12H25N.C2HF6NO4S2/c1-4-6-9-12(3,5-2)13-10-7-8-11-13;3-1(4,5)14(10,11)9-15(12,13)2(6,7)8/h4-11H2,1-3H3;9H. The molecule has 1 aliphatic rings. The van der Waals surface area contributed by atoms with Crippen molar-refractivity contribution in [1.29, 1.82) is 0 Å². The Kier molecular flexibility index (Phi) is 9.72. The minimum Gasteiger partial charge on any atom is -0.298 e. The second kappa shape index (κ2) is 9.94. The van der Waals surface area contributed by atoms with Crippen molar-refractivity contribution in [1.82, 2.24) is 9.03 Å². The molecule has 0 amide bonds. The van der Waals surface area contributed by atoms with E-state index in [1.807, 2.05) is 0 Å². The third kappa shape index (κ3) is 7.67. The highest BCUT2D eigenvalue weighted by atomic mass is 32.3. The molecular weight excluding hydrogens is 438 g/mol. The fourth-order valence-electron chi connectivity index (χ4n) is 2.61. The summed E-state index contributed by atoms with van der Waals surface area (Å²) in [5.74, 6) is 0. The van der Waals surface area contributed by atoms with Gasteiger partial charge in [-0.2, -0.15) is 26.3 Å². The van der Waals surface area contributed by atoms with Crippen molar-refractivity contribution < 1.29 is 43.2 Å². The van der Waals surface area contributed by atoms with Crippen LogP contribution in [0.4, 0.5) is 26.3 Å². The van der Waals surface area contributed by atoms with Crippen LogP contribution in [-0.2, 0) is 20.0 Å². The Hall–Kier alpha value is -0.600. The molecule has 0 aromatic carbocycles. The zero-order valence-electron chi connectivity index (χ0n) is 15.8. The summed E-state index contributed by atoms with van der Waals surface area (Å²) in [7, 11) is -13.2. The number of unbranched alkanes of at least 4 members (excludes halogenated alkanes) is 1. The molecule has 0 spiro atoms. The van der Waals surface area contributed by atoms with Gasteiger partial charge in [-0.15, -0.1) is 0 Å². The number of alkyl halides is 6. The number of nitrogens with zero attached hydrogens (tertiary/aromatic N) is 1. The molecule has 0 aromatic rings. The van der Waals surface area contributed by atoms with E-state index in [1.54, 1.807) is 0 Å². The zero-order valence-corrected chi connectivity index (χ0v) is 17.5. The van der Waals surface area contributed by atoms with E-state index in [9.17, 15) is 43.2 Å². The Morgan fingerprint density at radius 1 is 0.857 bits per heavy atom. The van der Waals surface area contributed by atoms with Crippen molar-refractivity contribution in [3.63, 3.8) is 0 Å². The maximum absolute atomic E-state index is 11.5. The second-order valence-electron chi connectivity index (χ2n) is 6.63. The van der Waals surface area contributed by atoms with Gasteiger partial charge >= 0.3 is 31.1 Å². The maximum atomic E-state index is 11.5. The van der Waals surface area contributed by atoms with Crippen molar-refractivity contribution in [3.05, 3.63) is 0 Å². The molecule has 1 unspecified atom stereocenters. The summed E-state index contributed by atoms with van der Waals surface area (Å²) in [6.45, 7) is 9.77. The minimum atomic E-state index is -6.60. The van der Waals surface area contributed by atoms with Crippen molar-refractivity contribution >= 4 is 20.0 Å². The van der Waals surface area contributed by atoms with E-state index in [0.717, 1.165) is 0 Å². The summed E-state index contributed by atoms with van der Waals surface area (Å²) in [4.78, 5) is 2.71. The van der Waals surface area contributed by atoms with Gasteiger partial charge in [-0.1, -0.05) is 30.8 Å². The third-order valence-electron chi connectivity index (χ3n) is 4.53. The molecule has 170 valence electrons. The highest BCUT2D eigenvalue weighted by Gasteiger charge is 2.55. The summed E-state index contributed by atoms with van der Waals surface area (Å²) in [5, 5.41) is 0. The van der Waals surface area contributed by atoms with Gasteiger partial charge in [0, 0.05) is 5.54 Å². The van der Waals surface area contributed by atoms with E-state index < -0.39 is 35.2 Å². The first-order valence-corrected chi connectivity index (χ1v) is 11.6. The summed E-state index contributed by atoms with van der Waals surface area (Å²) in [5.41, 5.74) is -11.8. The Balaban J connectivity index is 0.000000525.